The number of sulfonamides is 1. The van der Waals surface area contributed by atoms with Gasteiger partial charge in [0.05, 0.1) is 33.7 Å². The van der Waals surface area contributed by atoms with E-state index < -0.39 is 56.4 Å². The lowest BCUT2D eigenvalue weighted by Gasteiger charge is -2.49. The van der Waals surface area contributed by atoms with Crippen LogP contribution in [-0.4, -0.2) is 134 Å². The lowest BCUT2D eigenvalue weighted by atomic mass is 9.66. The summed E-state index contributed by atoms with van der Waals surface area (Å²) in [5.41, 5.74) is -0.309. The summed E-state index contributed by atoms with van der Waals surface area (Å²) in [5, 5.41) is 16.9. The molecule has 3 atom stereocenters. The third-order valence-corrected chi connectivity index (χ3v) is 18.5. The van der Waals surface area contributed by atoms with E-state index in [4.69, 9.17) is 4.98 Å². The van der Waals surface area contributed by atoms with Gasteiger partial charge in [-0.25, -0.2) is 22.1 Å². The lowest BCUT2D eigenvalue weighted by Crippen LogP contribution is -2.54. The number of anilines is 2. The van der Waals surface area contributed by atoms with Crippen molar-refractivity contribution in [1.29, 1.82) is 0 Å². The van der Waals surface area contributed by atoms with Gasteiger partial charge in [0.1, 0.15) is 17.5 Å². The number of aliphatic hydroxyl groups is 1. The standard InChI is InChI=1S/C46H58FN9O8S/c1-45(62)14-2-3-37(45)56-39(58)7-4-28-27-48-44(51-40(28)56)49-29-10-21-54(22-11-29)65(63,64)31-12-19-52(20-13-31)30-8-15-46(16-9-30)17-23-53(24-18-46)36-26-33-32(25-34(36)47)42(60)55(43(33)61)35-5-6-38(57)50-41(35)59/h4,7,25-27,29-31,35,37,62H,2-3,5-6,8-24H2,1H3,(H,48,49,51)(H,50,57,59)/t35?,37-,45-/m1/s1. The summed E-state index contributed by atoms with van der Waals surface area (Å²) < 4.78 is 46.8. The van der Waals surface area contributed by atoms with E-state index in [0.29, 0.717) is 87.7 Å². The quantitative estimate of drug-likeness (QED) is 0.276. The summed E-state index contributed by atoms with van der Waals surface area (Å²) in [4.78, 5) is 78.3. The molecular weight excluding hydrogens is 858 g/mol. The van der Waals surface area contributed by atoms with E-state index in [-0.39, 0.29) is 52.7 Å². The number of fused-ring (bicyclic) bond motifs is 2. The number of imide groups is 2. The smallest absolute Gasteiger partial charge is 0.262 e. The van der Waals surface area contributed by atoms with Gasteiger partial charge in [0.15, 0.2) is 0 Å². The predicted octanol–water partition coefficient (Wildman–Crippen LogP) is 3.71. The van der Waals surface area contributed by atoms with Crippen molar-refractivity contribution in [2.24, 2.45) is 5.41 Å². The predicted molar refractivity (Wildman–Crippen MR) is 238 cm³/mol. The van der Waals surface area contributed by atoms with Crippen molar-refractivity contribution in [3.8, 4) is 0 Å². The molecule has 7 aliphatic rings. The van der Waals surface area contributed by atoms with Gasteiger partial charge in [-0.15, -0.1) is 0 Å². The monoisotopic (exact) mass is 915 g/mol. The number of pyridine rings is 1. The molecule has 4 saturated heterocycles. The Morgan fingerprint density at radius 2 is 1.52 bits per heavy atom. The van der Waals surface area contributed by atoms with Gasteiger partial charge in [-0.05, 0) is 134 Å². The number of aromatic nitrogens is 3. The van der Waals surface area contributed by atoms with Crippen LogP contribution in [0.15, 0.2) is 35.3 Å². The van der Waals surface area contributed by atoms with Crippen LogP contribution in [0.2, 0.25) is 0 Å². The Morgan fingerprint density at radius 1 is 0.831 bits per heavy atom. The number of hydrogen-bond donors (Lipinski definition) is 3. The molecule has 2 aromatic heterocycles. The minimum absolute atomic E-state index is 0.0104. The second-order valence-corrected chi connectivity index (χ2v) is 22.1. The van der Waals surface area contributed by atoms with Crippen LogP contribution in [0.4, 0.5) is 16.0 Å². The van der Waals surface area contributed by atoms with Crippen molar-refractivity contribution in [3.05, 3.63) is 57.8 Å². The Morgan fingerprint density at radius 3 is 2.18 bits per heavy atom. The molecule has 0 radical (unpaired) electrons. The van der Waals surface area contributed by atoms with E-state index in [9.17, 15) is 37.5 Å². The highest BCUT2D eigenvalue weighted by molar-refractivity contribution is 7.89. The normalized spacial score (nSPS) is 27.8. The molecule has 3 aromatic rings. The van der Waals surface area contributed by atoms with E-state index in [1.807, 2.05) is 4.90 Å². The summed E-state index contributed by atoms with van der Waals surface area (Å²) in [5.74, 6) is -2.73. The highest BCUT2D eigenvalue weighted by Crippen LogP contribution is 2.47. The van der Waals surface area contributed by atoms with Gasteiger partial charge in [-0.3, -0.25) is 38.8 Å². The van der Waals surface area contributed by atoms with Crippen molar-refractivity contribution in [2.75, 3.05) is 49.5 Å². The molecule has 65 heavy (non-hydrogen) atoms. The maximum atomic E-state index is 15.6. The van der Waals surface area contributed by atoms with Gasteiger partial charge in [0.2, 0.25) is 27.8 Å². The maximum absolute atomic E-state index is 15.6. The molecule has 0 bridgehead atoms. The maximum Gasteiger partial charge on any atom is 0.262 e. The number of amides is 4. The van der Waals surface area contributed by atoms with Gasteiger partial charge in [0, 0.05) is 62.3 Å². The molecule has 2 aliphatic carbocycles. The van der Waals surface area contributed by atoms with Crippen LogP contribution in [0.25, 0.3) is 11.0 Å². The number of nitrogens with one attached hydrogen (secondary N) is 2. The van der Waals surface area contributed by atoms with Crippen LogP contribution < -0.4 is 21.1 Å². The van der Waals surface area contributed by atoms with Crippen molar-refractivity contribution < 1.29 is 37.1 Å². The van der Waals surface area contributed by atoms with Crippen molar-refractivity contribution >= 4 is 56.3 Å². The van der Waals surface area contributed by atoms with Crippen LogP contribution in [0.3, 0.4) is 0 Å². The van der Waals surface area contributed by atoms with Gasteiger partial charge in [-0.1, -0.05) is 0 Å². The van der Waals surface area contributed by atoms with Gasteiger partial charge in [0.25, 0.3) is 17.4 Å². The number of likely N-dealkylation sites (tertiary alicyclic amines) is 1. The number of carbonyl (C=O) groups excluding carboxylic acids is 4. The Labute approximate surface area is 377 Å². The van der Waals surface area contributed by atoms with Crippen molar-refractivity contribution in [2.45, 2.75) is 138 Å². The molecule has 5 aliphatic heterocycles. The second kappa shape index (κ2) is 16.8. The SMILES string of the molecule is C[C@@]1(O)CCC[C@H]1n1c(=O)ccc2cnc(NC3CCN(S(=O)(=O)C4CCN(C5CCC6(CC5)CCN(c5cc7c(cc5F)C(=O)N(C5CCC(=O)NC5=O)C7=O)CC6)CC4)CC3)nc21. The summed E-state index contributed by atoms with van der Waals surface area (Å²) in [6.07, 6.45) is 12.2. The first-order valence-corrected chi connectivity index (χ1v) is 25.0. The fourth-order valence-electron chi connectivity index (χ4n) is 12.2. The molecule has 17 nitrogen and oxygen atoms in total. The van der Waals surface area contributed by atoms with E-state index >= 15 is 4.39 Å². The van der Waals surface area contributed by atoms with Crippen LogP contribution >= 0.6 is 0 Å². The number of nitrogens with zero attached hydrogens (tertiary/aromatic N) is 7. The first-order chi connectivity index (χ1) is 31.1. The fraction of sp³-hybridized carbons (Fsp3) is 0.630. The van der Waals surface area contributed by atoms with Gasteiger partial charge < -0.3 is 20.2 Å². The average molecular weight is 916 g/mol. The lowest BCUT2D eigenvalue weighted by molar-refractivity contribution is -0.136. The Kier molecular flexibility index (Phi) is 11.4. The number of rotatable bonds is 8. The summed E-state index contributed by atoms with van der Waals surface area (Å²) >= 11 is 0. The number of hydrogen-bond acceptors (Lipinski definition) is 13. The third kappa shape index (κ3) is 8.03. The second-order valence-electron chi connectivity index (χ2n) is 19.9. The minimum atomic E-state index is -3.48. The Bertz CT molecular complexity index is 2590. The number of piperidine rings is 4. The number of carbonyl (C=O) groups is 4. The largest absolute Gasteiger partial charge is 0.388 e. The molecule has 3 N–H and O–H groups in total. The first-order valence-electron chi connectivity index (χ1n) is 23.5. The minimum Gasteiger partial charge on any atom is -0.388 e. The first kappa shape index (κ1) is 44.0. The van der Waals surface area contributed by atoms with Crippen LogP contribution in [-0.2, 0) is 19.6 Å². The molecular formula is C46H58FN9O8S. The van der Waals surface area contributed by atoms with Crippen molar-refractivity contribution in [1.82, 2.24) is 34.0 Å². The van der Waals surface area contributed by atoms with E-state index in [1.54, 1.807) is 28.1 Å². The molecule has 1 unspecified atom stereocenters. The van der Waals surface area contributed by atoms with Crippen molar-refractivity contribution in [3.63, 3.8) is 0 Å². The third-order valence-electron chi connectivity index (χ3n) is 16.1. The molecule has 6 fully saturated rings. The summed E-state index contributed by atoms with van der Waals surface area (Å²) in [7, 11) is -3.48. The van der Waals surface area contributed by atoms with Gasteiger partial charge >= 0.3 is 0 Å². The van der Waals surface area contributed by atoms with Crippen LogP contribution in [0, 0.1) is 11.2 Å². The zero-order chi connectivity index (χ0) is 45.4. The molecule has 7 heterocycles. The molecule has 1 aromatic carbocycles. The molecule has 19 heteroatoms. The van der Waals surface area contributed by atoms with E-state index in [1.165, 1.54) is 12.1 Å². The molecule has 1 spiro atoms. The Hall–Kier alpha value is -4.85. The summed E-state index contributed by atoms with van der Waals surface area (Å²) in [6, 6.07) is 4.64. The van der Waals surface area contributed by atoms with E-state index in [0.717, 1.165) is 69.0 Å². The van der Waals surface area contributed by atoms with Crippen LogP contribution in [0.5, 0.6) is 0 Å². The number of benzene rings is 1. The van der Waals surface area contributed by atoms with Crippen LogP contribution in [0.1, 0.15) is 130 Å². The van der Waals surface area contributed by atoms with E-state index in [2.05, 4.69) is 20.5 Å². The Balaban J connectivity index is 0.690. The molecule has 10 rings (SSSR count). The topological polar surface area (TPSA) is 207 Å². The number of halogens is 1. The summed E-state index contributed by atoms with van der Waals surface area (Å²) in [6.45, 7) is 5.30. The highest BCUT2D eigenvalue weighted by atomic mass is 32.2. The average Bonchev–Trinajstić information content (AvgIpc) is 3.76. The highest BCUT2D eigenvalue weighted by Gasteiger charge is 2.47. The fourth-order valence-corrected chi connectivity index (χ4v) is 14.1. The molecule has 2 saturated carbocycles. The molecule has 348 valence electrons. The molecule has 4 amide bonds. The zero-order valence-electron chi connectivity index (χ0n) is 36.8. The van der Waals surface area contributed by atoms with Gasteiger partial charge in [-0.2, -0.15) is 4.98 Å². The zero-order valence-corrected chi connectivity index (χ0v) is 37.7.